The number of carbonyl (C=O) groups is 1. The molecule has 4 N–H and O–H groups in total. The molecule has 1 amide bonds. The quantitative estimate of drug-likeness (QED) is 0.632. The SMILES string of the molecule is CCN(CC(C)(N)C(N)=O)C(C)C. The van der Waals surface area contributed by atoms with E-state index in [1.54, 1.807) is 6.92 Å². The second kappa shape index (κ2) is 4.58. The molecule has 0 saturated carbocycles. The second-order valence-corrected chi connectivity index (χ2v) is 3.94. The van der Waals surface area contributed by atoms with Crippen molar-refractivity contribution in [2.45, 2.75) is 39.3 Å². The first kappa shape index (κ1) is 12.4. The molecular weight excluding hydrogens is 166 g/mol. The van der Waals surface area contributed by atoms with Crippen LogP contribution in [0.1, 0.15) is 27.7 Å². The minimum Gasteiger partial charge on any atom is -0.368 e. The fraction of sp³-hybridized carbons (Fsp3) is 0.889. The molecule has 0 aromatic carbocycles. The van der Waals surface area contributed by atoms with E-state index in [1.165, 1.54) is 0 Å². The number of rotatable bonds is 5. The molecule has 0 aromatic heterocycles. The summed E-state index contributed by atoms with van der Waals surface area (Å²) in [6.45, 7) is 9.23. The summed E-state index contributed by atoms with van der Waals surface area (Å²) in [6.07, 6.45) is 0. The van der Waals surface area contributed by atoms with Gasteiger partial charge in [0.25, 0.3) is 0 Å². The molecule has 0 fully saturated rings. The number of hydrogen-bond donors (Lipinski definition) is 2. The zero-order valence-corrected chi connectivity index (χ0v) is 9.00. The van der Waals surface area contributed by atoms with E-state index < -0.39 is 11.4 Å². The predicted molar refractivity (Wildman–Crippen MR) is 54.2 cm³/mol. The summed E-state index contributed by atoms with van der Waals surface area (Å²) in [5.74, 6) is -0.452. The van der Waals surface area contributed by atoms with Crippen LogP contribution in [0.3, 0.4) is 0 Å². The van der Waals surface area contributed by atoms with Crippen LogP contribution < -0.4 is 11.5 Å². The van der Waals surface area contributed by atoms with Crippen molar-refractivity contribution in [2.24, 2.45) is 11.5 Å². The van der Waals surface area contributed by atoms with Crippen LogP contribution in [0.5, 0.6) is 0 Å². The van der Waals surface area contributed by atoms with E-state index in [2.05, 4.69) is 18.7 Å². The van der Waals surface area contributed by atoms with Gasteiger partial charge in [-0.1, -0.05) is 6.92 Å². The number of carbonyl (C=O) groups excluding carboxylic acids is 1. The number of likely N-dealkylation sites (N-methyl/N-ethyl adjacent to an activating group) is 1. The van der Waals surface area contributed by atoms with Crippen LogP contribution in [0.15, 0.2) is 0 Å². The molecule has 1 unspecified atom stereocenters. The van der Waals surface area contributed by atoms with Crippen molar-refractivity contribution in [3.63, 3.8) is 0 Å². The summed E-state index contributed by atoms with van der Waals surface area (Å²) in [5, 5.41) is 0. The van der Waals surface area contributed by atoms with Gasteiger partial charge in [0.15, 0.2) is 0 Å². The third-order valence-corrected chi connectivity index (χ3v) is 2.23. The molecule has 4 nitrogen and oxygen atoms in total. The van der Waals surface area contributed by atoms with E-state index in [9.17, 15) is 4.79 Å². The number of hydrogen-bond acceptors (Lipinski definition) is 3. The molecule has 4 heteroatoms. The molecule has 0 bridgehead atoms. The van der Waals surface area contributed by atoms with E-state index in [0.29, 0.717) is 12.6 Å². The molecular formula is C9H21N3O. The zero-order chi connectivity index (χ0) is 10.6. The van der Waals surface area contributed by atoms with Gasteiger partial charge in [-0.15, -0.1) is 0 Å². The predicted octanol–water partition coefficient (Wildman–Crippen LogP) is -0.0806. The van der Waals surface area contributed by atoms with E-state index in [0.717, 1.165) is 6.54 Å². The summed E-state index contributed by atoms with van der Waals surface area (Å²) in [7, 11) is 0. The third-order valence-electron chi connectivity index (χ3n) is 2.23. The molecule has 13 heavy (non-hydrogen) atoms. The highest BCUT2D eigenvalue weighted by Crippen LogP contribution is 2.05. The Balaban J connectivity index is 4.30. The molecule has 0 aliphatic carbocycles. The van der Waals surface area contributed by atoms with Crippen LogP contribution in [-0.2, 0) is 4.79 Å². The molecule has 0 rings (SSSR count). The first-order valence-electron chi connectivity index (χ1n) is 4.64. The molecule has 0 aromatic rings. The van der Waals surface area contributed by atoms with Crippen molar-refractivity contribution in [1.82, 2.24) is 4.90 Å². The first-order valence-corrected chi connectivity index (χ1v) is 4.64. The maximum atomic E-state index is 11.0. The van der Waals surface area contributed by atoms with Gasteiger partial charge >= 0.3 is 0 Å². The van der Waals surface area contributed by atoms with Gasteiger partial charge in [0.05, 0.1) is 0 Å². The second-order valence-electron chi connectivity index (χ2n) is 3.94. The van der Waals surface area contributed by atoms with Gasteiger partial charge in [-0.3, -0.25) is 9.69 Å². The maximum Gasteiger partial charge on any atom is 0.238 e. The van der Waals surface area contributed by atoms with E-state index in [-0.39, 0.29) is 0 Å². The van der Waals surface area contributed by atoms with Gasteiger partial charge in [-0.2, -0.15) is 0 Å². The summed E-state index contributed by atoms with van der Waals surface area (Å²) < 4.78 is 0. The standard InChI is InChI=1S/C9H21N3O/c1-5-12(7(2)3)6-9(4,11)8(10)13/h7H,5-6,11H2,1-4H3,(H2,10,13). The van der Waals surface area contributed by atoms with Crippen molar-refractivity contribution in [3.05, 3.63) is 0 Å². The molecule has 0 aliphatic rings. The van der Waals surface area contributed by atoms with Crippen molar-refractivity contribution in [1.29, 1.82) is 0 Å². The third kappa shape index (κ3) is 3.74. The lowest BCUT2D eigenvalue weighted by molar-refractivity contribution is -0.123. The Bertz CT molecular complexity index is 178. The Hall–Kier alpha value is -0.610. The summed E-state index contributed by atoms with van der Waals surface area (Å²) in [5.41, 5.74) is 10.0. The monoisotopic (exact) mass is 187 g/mol. The minimum atomic E-state index is -0.930. The van der Waals surface area contributed by atoms with Gasteiger partial charge in [-0.05, 0) is 27.3 Å². The van der Waals surface area contributed by atoms with Gasteiger partial charge in [0, 0.05) is 12.6 Å². The summed E-state index contributed by atoms with van der Waals surface area (Å²) >= 11 is 0. The molecule has 1 atom stereocenters. The topological polar surface area (TPSA) is 72.3 Å². The van der Waals surface area contributed by atoms with Crippen molar-refractivity contribution >= 4 is 5.91 Å². The highest BCUT2D eigenvalue weighted by molar-refractivity contribution is 5.84. The number of nitrogens with zero attached hydrogens (tertiary/aromatic N) is 1. The molecule has 0 heterocycles. The fourth-order valence-electron chi connectivity index (χ4n) is 1.16. The van der Waals surface area contributed by atoms with Crippen LogP contribution in [0.4, 0.5) is 0 Å². The van der Waals surface area contributed by atoms with Crippen LogP contribution in [0, 0.1) is 0 Å². The Morgan fingerprint density at radius 1 is 1.54 bits per heavy atom. The molecule has 0 saturated heterocycles. The number of nitrogens with two attached hydrogens (primary N) is 2. The van der Waals surface area contributed by atoms with Gasteiger partial charge < -0.3 is 11.5 Å². The molecule has 0 spiro atoms. The summed E-state index contributed by atoms with van der Waals surface area (Å²) in [6, 6.07) is 0.382. The lowest BCUT2D eigenvalue weighted by Crippen LogP contribution is -2.57. The number of amides is 1. The first-order chi connectivity index (χ1) is 5.81. The van der Waals surface area contributed by atoms with Gasteiger partial charge in [0.1, 0.15) is 5.54 Å². The van der Waals surface area contributed by atoms with Crippen molar-refractivity contribution < 1.29 is 4.79 Å². The lowest BCUT2D eigenvalue weighted by atomic mass is 10.0. The minimum absolute atomic E-state index is 0.382. The summed E-state index contributed by atoms with van der Waals surface area (Å²) in [4.78, 5) is 13.1. The van der Waals surface area contributed by atoms with Crippen LogP contribution in [0.2, 0.25) is 0 Å². The largest absolute Gasteiger partial charge is 0.368 e. The van der Waals surface area contributed by atoms with Gasteiger partial charge in [-0.25, -0.2) is 0 Å². The average Bonchev–Trinajstić information content (AvgIpc) is 1.99. The molecule has 0 aliphatic heterocycles. The Morgan fingerprint density at radius 2 is 2.00 bits per heavy atom. The smallest absolute Gasteiger partial charge is 0.238 e. The molecule has 78 valence electrons. The van der Waals surface area contributed by atoms with E-state index >= 15 is 0 Å². The highest BCUT2D eigenvalue weighted by Gasteiger charge is 2.28. The Kier molecular flexibility index (Phi) is 4.36. The normalized spacial score (nSPS) is 16.2. The van der Waals surface area contributed by atoms with Crippen molar-refractivity contribution in [2.75, 3.05) is 13.1 Å². The molecule has 0 radical (unpaired) electrons. The zero-order valence-electron chi connectivity index (χ0n) is 9.00. The van der Waals surface area contributed by atoms with Crippen molar-refractivity contribution in [3.8, 4) is 0 Å². The van der Waals surface area contributed by atoms with Crippen LogP contribution in [-0.4, -0.2) is 35.5 Å². The maximum absolute atomic E-state index is 11.0. The van der Waals surface area contributed by atoms with Gasteiger partial charge in [0.2, 0.25) is 5.91 Å². The fourth-order valence-corrected chi connectivity index (χ4v) is 1.16. The van der Waals surface area contributed by atoms with Crippen LogP contribution in [0.25, 0.3) is 0 Å². The van der Waals surface area contributed by atoms with E-state index in [4.69, 9.17) is 11.5 Å². The highest BCUT2D eigenvalue weighted by atomic mass is 16.1. The average molecular weight is 187 g/mol. The lowest BCUT2D eigenvalue weighted by Gasteiger charge is -2.32. The Labute approximate surface area is 80.3 Å². The Morgan fingerprint density at radius 3 is 2.23 bits per heavy atom. The van der Waals surface area contributed by atoms with Crippen LogP contribution >= 0.6 is 0 Å². The number of primary amides is 1. The van der Waals surface area contributed by atoms with E-state index in [1.807, 2.05) is 6.92 Å².